The van der Waals surface area contributed by atoms with E-state index in [-0.39, 0.29) is 17.6 Å². The van der Waals surface area contributed by atoms with Gasteiger partial charge in [-0.3, -0.25) is 14.9 Å². The van der Waals surface area contributed by atoms with Crippen LogP contribution in [0.3, 0.4) is 0 Å². The highest BCUT2D eigenvalue weighted by Gasteiger charge is 2.23. The van der Waals surface area contributed by atoms with Crippen molar-refractivity contribution >= 4 is 33.7 Å². The van der Waals surface area contributed by atoms with E-state index < -0.39 is 0 Å². The van der Waals surface area contributed by atoms with Crippen molar-refractivity contribution in [1.82, 2.24) is 30.1 Å². The Morgan fingerprint density at radius 1 is 1.00 bits per heavy atom. The Kier molecular flexibility index (Phi) is 5.84. The van der Waals surface area contributed by atoms with Gasteiger partial charge in [0.05, 0.1) is 22.9 Å². The average molecular weight is 532 g/mol. The van der Waals surface area contributed by atoms with Crippen LogP contribution < -0.4 is 5.32 Å². The van der Waals surface area contributed by atoms with Gasteiger partial charge in [-0.15, -0.1) is 0 Å². The molecule has 2 aromatic carbocycles. The minimum atomic E-state index is -0.290. The predicted molar refractivity (Wildman–Crippen MR) is 153 cm³/mol. The first-order valence-electron chi connectivity index (χ1n) is 13.4. The van der Waals surface area contributed by atoms with Gasteiger partial charge in [0.2, 0.25) is 5.91 Å². The number of halogens is 1. The first kappa shape index (κ1) is 24.1. The number of amides is 1. The molecule has 0 radical (unpaired) electrons. The number of imidazole rings is 1. The summed E-state index contributed by atoms with van der Waals surface area (Å²) in [6.45, 7) is 1.87. The number of benzene rings is 2. The standard InChI is InChI=1S/C31H26FN7O/c1-17-10-20(12-22(32)11-17)24-8-9-34-29-27(24)36-30(37-29)28-25-14-19(6-7-26(25)38-39-28)21-13-23(16-33-15-21)35-31(40)18-4-2-3-5-18/h6-16,18H,2-5H2,1H3,(H,35,40)(H,38,39)(H,34,36,37). The van der Waals surface area contributed by atoms with Crippen LogP contribution in [-0.2, 0) is 4.79 Å². The van der Waals surface area contributed by atoms with Crippen molar-refractivity contribution in [3.63, 3.8) is 0 Å². The molecule has 4 heterocycles. The van der Waals surface area contributed by atoms with Crippen LogP contribution in [0.25, 0.3) is 55.8 Å². The quantitative estimate of drug-likeness (QED) is 0.226. The Hall–Kier alpha value is -4.92. The van der Waals surface area contributed by atoms with Crippen molar-refractivity contribution in [1.29, 1.82) is 0 Å². The summed E-state index contributed by atoms with van der Waals surface area (Å²) in [4.78, 5) is 29.5. The first-order valence-corrected chi connectivity index (χ1v) is 13.4. The van der Waals surface area contributed by atoms with Gasteiger partial charge >= 0.3 is 0 Å². The fourth-order valence-corrected chi connectivity index (χ4v) is 5.63. The monoisotopic (exact) mass is 531 g/mol. The third kappa shape index (κ3) is 4.39. The van der Waals surface area contributed by atoms with Gasteiger partial charge in [-0.05, 0) is 72.9 Å². The van der Waals surface area contributed by atoms with Crippen molar-refractivity contribution in [2.75, 3.05) is 5.32 Å². The molecule has 0 spiro atoms. The molecule has 3 N–H and O–H groups in total. The number of hydrogen-bond donors (Lipinski definition) is 3. The molecular weight excluding hydrogens is 505 g/mol. The third-order valence-electron chi connectivity index (χ3n) is 7.60. The molecule has 7 rings (SSSR count). The summed E-state index contributed by atoms with van der Waals surface area (Å²) < 4.78 is 14.2. The molecule has 6 aromatic rings. The maximum atomic E-state index is 14.2. The van der Waals surface area contributed by atoms with Crippen molar-refractivity contribution in [3.05, 3.63) is 78.5 Å². The van der Waals surface area contributed by atoms with E-state index in [1.54, 1.807) is 18.6 Å². The van der Waals surface area contributed by atoms with Crippen molar-refractivity contribution in [3.8, 4) is 33.8 Å². The molecule has 198 valence electrons. The summed E-state index contributed by atoms with van der Waals surface area (Å²) in [5.41, 5.74) is 7.64. The molecule has 8 nitrogen and oxygen atoms in total. The van der Waals surface area contributed by atoms with E-state index >= 15 is 0 Å². The molecule has 1 saturated carbocycles. The Balaban J connectivity index is 1.25. The number of H-pyrrole nitrogens is 2. The zero-order valence-corrected chi connectivity index (χ0v) is 21.8. The highest BCUT2D eigenvalue weighted by Crippen LogP contribution is 2.33. The lowest BCUT2D eigenvalue weighted by molar-refractivity contribution is -0.119. The second-order valence-corrected chi connectivity index (χ2v) is 10.4. The summed E-state index contributed by atoms with van der Waals surface area (Å²) in [5, 5.41) is 11.5. The van der Waals surface area contributed by atoms with E-state index in [1.807, 2.05) is 43.3 Å². The summed E-state index contributed by atoms with van der Waals surface area (Å²) in [7, 11) is 0. The third-order valence-corrected chi connectivity index (χ3v) is 7.60. The zero-order valence-electron chi connectivity index (χ0n) is 21.8. The Morgan fingerprint density at radius 2 is 1.88 bits per heavy atom. The highest BCUT2D eigenvalue weighted by molar-refractivity contribution is 5.98. The van der Waals surface area contributed by atoms with Gasteiger partial charge in [0.15, 0.2) is 11.5 Å². The molecule has 0 atom stereocenters. The van der Waals surface area contributed by atoms with Crippen LogP contribution in [0.5, 0.6) is 0 Å². The maximum Gasteiger partial charge on any atom is 0.227 e. The fraction of sp³-hybridized carbons (Fsp3) is 0.194. The van der Waals surface area contributed by atoms with Crippen LogP contribution in [0.1, 0.15) is 31.2 Å². The average Bonchev–Trinajstić information content (AvgIpc) is 3.71. The van der Waals surface area contributed by atoms with E-state index in [0.29, 0.717) is 28.4 Å². The smallest absolute Gasteiger partial charge is 0.227 e. The SMILES string of the molecule is Cc1cc(F)cc(-c2ccnc3nc(-c4n[nH]c5ccc(-c6cncc(NC(=O)C7CCCC7)c6)cc45)[nH]c23)c1. The summed E-state index contributed by atoms with van der Waals surface area (Å²) in [5.74, 6) is 0.414. The normalized spacial score (nSPS) is 13.8. The number of carbonyl (C=O) groups is 1. The van der Waals surface area contributed by atoms with Crippen LogP contribution in [0.2, 0.25) is 0 Å². The van der Waals surface area contributed by atoms with Crippen molar-refractivity contribution in [2.24, 2.45) is 5.92 Å². The number of carbonyl (C=O) groups excluding carboxylic acids is 1. The number of fused-ring (bicyclic) bond motifs is 2. The van der Waals surface area contributed by atoms with Crippen LogP contribution >= 0.6 is 0 Å². The van der Waals surface area contributed by atoms with Crippen LogP contribution in [-0.4, -0.2) is 36.0 Å². The molecule has 40 heavy (non-hydrogen) atoms. The molecule has 0 unspecified atom stereocenters. The number of hydrogen-bond acceptors (Lipinski definition) is 5. The molecule has 0 aliphatic heterocycles. The number of aryl methyl sites for hydroxylation is 1. The minimum absolute atomic E-state index is 0.0651. The Labute approximate surface area is 229 Å². The molecule has 4 aromatic heterocycles. The van der Waals surface area contributed by atoms with Gasteiger partial charge < -0.3 is 10.3 Å². The molecule has 1 amide bonds. The maximum absolute atomic E-state index is 14.2. The molecular formula is C31H26FN7O. The van der Waals surface area contributed by atoms with Crippen molar-refractivity contribution in [2.45, 2.75) is 32.6 Å². The van der Waals surface area contributed by atoms with E-state index in [9.17, 15) is 9.18 Å². The van der Waals surface area contributed by atoms with Gasteiger partial charge in [0, 0.05) is 34.8 Å². The lowest BCUT2D eigenvalue weighted by Crippen LogP contribution is -2.20. The summed E-state index contributed by atoms with van der Waals surface area (Å²) in [6, 6.07) is 14.7. The first-order chi connectivity index (χ1) is 19.5. The van der Waals surface area contributed by atoms with Crippen LogP contribution in [0, 0.1) is 18.7 Å². The topological polar surface area (TPSA) is 112 Å². The molecule has 0 saturated heterocycles. The lowest BCUT2D eigenvalue weighted by atomic mass is 10.0. The largest absolute Gasteiger partial charge is 0.335 e. The second kappa shape index (κ2) is 9.68. The molecule has 0 bridgehead atoms. The van der Waals surface area contributed by atoms with E-state index in [1.165, 1.54) is 12.1 Å². The number of nitrogens with zero attached hydrogens (tertiary/aromatic N) is 4. The fourth-order valence-electron chi connectivity index (χ4n) is 5.63. The minimum Gasteiger partial charge on any atom is -0.335 e. The van der Waals surface area contributed by atoms with Gasteiger partial charge in [-0.25, -0.2) is 14.4 Å². The van der Waals surface area contributed by atoms with Gasteiger partial charge in [-0.1, -0.05) is 25.0 Å². The number of aromatic nitrogens is 6. The molecule has 9 heteroatoms. The molecule has 1 fully saturated rings. The number of nitrogens with one attached hydrogen (secondary N) is 3. The predicted octanol–water partition coefficient (Wildman–Crippen LogP) is 6.81. The van der Waals surface area contributed by atoms with E-state index in [2.05, 4.69) is 30.5 Å². The van der Waals surface area contributed by atoms with Crippen LogP contribution in [0.15, 0.2) is 67.1 Å². The number of aromatic amines is 2. The Bertz CT molecular complexity index is 1880. The van der Waals surface area contributed by atoms with Gasteiger partial charge in [0.1, 0.15) is 11.5 Å². The number of anilines is 1. The number of rotatable bonds is 5. The molecule has 1 aliphatic carbocycles. The second-order valence-electron chi connectivity index (χ2n) is 10.4. The van der Waals surface area contributed by atoms with Gasteiger partial charge in [0.25, 0.3) is 0 Å². The van der Waals surface area contributed by atoms with Gasteiger partial charge in [-0.2, -0.15) is 5.10 Å². The van der Waals surface area contributed by atoms with E-state index in [4.69, 9.17) is 4.98 Å². The molecule has 1 aliphatic rings. The zero-order chi connectivity index (χ0) is 27.2. The Morgan fingerprint density at radius 3 is 2.73 bits per heavy atom. The number of pyridine rings is 2. The van der Waals surface area contributed by atoms with Crippen molar-refractivity contribution < 1.29 is 9.18 Å². The highest BCUT2D eigenvalue weighted by atomic mass is 19.1. The summed E-state index contributed by atoms with van der Waals surface area (Å²) >= 11 is 0. The summed E-state index contributed by atoms with van der Waals surface area (Å²) in [6.07, 6.45) is 9.24. The van der Waals surface area contributed by atoms with Crippen LogP contribution in [0.4, 0.5) is 10.1 Å². The lowest BCUT2D eigenvalue weighted by Gasteiger charge is -2.11. The van der Waals surface area contributed by atoms with E-state index in [0.717, 1.165) is 64.4 Å².